The third-order valence-corrected chi connectivity index (χ3v) is 1.62. The zero-order valence-electron chi connectivity index (χ0n) is 6.25. The molecular formula is C5H10N4S. The Kier molecular flexibility index (Phi) is 1.76. The number of aromatic amines is 1. The Bertz CT molecular complexity index is 271. The molecule has 10 heavy (non-hydrogen) atoms. The van der Waals surface area contributed by atoms with Crippen LogP contribution in [0.4, 0.5) is 5.95 Å². The third kappa shape index (κ3) is 1.04. The first kappa shape index (κ1) is 7.27. The molecule has 1 aromatic heterocycles. The molecule has 0 aliphatic heterocycles. The summed E-state index contributed by atoms with van der Waals surface area (Å²) in [6, 6.07) is 0. The highest BCUT2D eigenvalue weighted by Gasteiger charge is 2.01. The van der Waals surface area contributed by atoms with E-state index in [4.69, 9.17) is 12.2 Å². The van der Waals surface area contributed by atoms with Crippen LogP contribution >= 0.6 is 12.2 Å². The highest BCUT2D eigenvalue weighted by molar-refractivity contribution is 7.71. The molecule has 0 saturated carbocycles. The summed E-state index contributed by atoms with van der Waals surface area (Å²) in [5, 5.41) is 6.68. The largest absolute Gasteiger partial charge is 0.347 e. The molecule has 1 aromatic rings. The van der Waals surface area contributed by atoms with Crippen LogP contribution in [0, 0.1) is 4.77 Å². The topological polar surface area (TPSA) is 36.9 Å². The zero-order chi connectivity index (χ0) is 7.72. The van der Waals surface area contributed by atoms with E-state index in [1.165, 1.54) is 0 Å². The molecule has 0 saturated heterocycles. The van der Waals surface area contributed by atoms with E-state index < -0.39 is 0 Å². The summed E-state index contributed by atoms with van der Waals surface area (Å²) in [6.07, 6.45) is 0. The van der Waals surface area contributed by atoms with E-state index >= 15 is 0 Å². The van der Waals surface area contributed by atoms with E-state index in [9.17, 15) is 0 Å². The molecule has 0 aliphatic carbocycles. The lowest BCUT2D eigenvalue weighted by molar-refractivity contribution is 0.856. The minimum Gasteiger partial charge on any atom is -0.347 e. The van der Waals surface area contributed by atoms with Crippen LogP contribution in [0.5, 0.6) is 0 Å². The van der Waals surface area contributed by atoms with Crippen molar-refractivity contribution >= 4 is 18.2 Å². The van der Waals surface area contributed by atoms with Crippen molar-refractivity contribution < 1.29 is 0 Å². The fourth-order valence-electron chi connectivity index (χ4n) is 0.739. The molecule has 0 unspecified atom stereocenters. The molecular weight excluding hydrogens is 148 g/mol. The molecule has 0 radical (unpaired) electrons. The zero-order valence-corrected chi connectivity index (χ0v) is 7.07. The Balaban J connectivity index is 3.18. The van der Waals surface area contributed by atoms with Gasteiger partial charge in [-0.2, -0.15) is 0 Å². The second-order valence-electron chi connectivity index (χ2n) is 2.28. The number of hydrogen-bond acceptors (Lipinski definition) is 3. The molecule has 0 aromatic carbocycles. The van der Waals surface area contributed by atoms with Crippen molar-refractivity contribution in [1.82, 2.24) is 14.8 Å². The average molecular weight is 158 g/mol. The van der Waals surface area contributed by atoms with Crippen LogP contribution in [-0.4, -0.2) is 28.9 Å². The van der Waals surface area contributed by atoms with Gasteiger partial charge in [-0.05, 0) is 12.2 Å². The Morgan fingerprint density at radius 1 is 1.60 bits per heavy atom. The van der Waals surface area contributed by atoms with Gasteiger partial charge in [-0.15, -0.1) is 5.10 Å². The second-order valence-corrected chi connectivity index (χ2v) is 2.67. The molecule has 0 atom stereocenters. The summed E-state index contributed by atoms with van der Waals surface area (Å²) >= 11 is 4.91. The van der Waals surface area contributed by atoms with Gasteiger partial charge in [-0.1, -0.05) is 0 Å². The predicted octanol–water partition coefficient (Wildman–Crippen LogP) is 0.544. The number of rotatable bonds is 1. The molecule has 0 fully saturated rings. The minimum atomic E-state index is 0.642. The number of anilines is 1. The van der Waals surface area contributed by atoms with E-state index in [1.54, 1.807) is 0 Å². The minimum absolute atomic E-state index is 0.642. The van der Waals surface area contributed by atoms with Crippen LogP contribution < -0.4 is 4.90 Å². The number of nitrogens with zero attached hydrogens (tertiary/aromatic N) is 3. The van der Waals surface area contributed by atoms with Crippen molar-refractivity contribution in [2.24, 2.45) is 7.05 Å². The number of H-pyrrole nitrogens is 1. The summed E-state index contributed by atoms with van der Waals surface area (Å²) < 4.78 is 2.46. The lowest BCUT2D eigenvalue weighted by Crippen LogP contribution is -2.13. The average Bonchev–Trinajstić information content (AvgIpc) is 2.14. The van der Waals surface area contributed by atoms with Gasteiger partial charge in [0.2, 0.25) is 5.95 Å². The summed E-state index contributed by atoms with van der Waals surface area (Å²) in [5.74, 6) is 0.838. The summed E-state index contributed by atoms with van der Waals surface area (Å²) in [6.45, 7) is 0. The van der Waals surface area contributed by atoms with Gasteiger partial charge in [0, 0.05) is 21.1 Å². The van der Waals surface area contributed by atoms with E-state index in [1.807, 2.05) is 30.6 Å². The van der Waals surface area contributed by atoms with Crippen LogP contribution in [0.15, 0.2) is 0 Å². The van der Waals surface area contributed by atoms with Gasteiger partial charge in [-0.25, -0.2) is 5.10 Å². The SMILES string of the molecule is CN(C)c1n[nH]c(=S)n1C. The molecule has 4 nitrogen and oxygen atoms in total. The Labute approximate surface area is 64.5 Å². The highest BCUT2D eigenvalue weighted by Crippen LogP contribution is 2.03. The van der Waals surface area contributed by atoms with E-state index in [-0.39, 0.29) is 0 Å². The van der Waals surface area contributed by atoms with Gasteiger partial charge >= 0.3 is 0 Å². The van der Waals surface area contributed by atoms with Gasteiger partial charge in [-0.3, -0.25) is 4.57 Å². The molecule has 0 spiro atoms. The van der Waals surface area contributed by atoms with Gasteiger partial charge < -0.3 is 4.90 Å². The fourth-order valence-corrected chi connectivity index (χ4v) is 0.866. The summed E-state index contributed by atoms with van der Waals surface area (Å²) in [4.78, 5) is 1.90. The molecule has 0 aliphatic rings. The summed E-state index contributed by atoms with van der Waals surface area (Å²) in [7, 11) is 5.72. The van der Waals surface area contributed by atoms with Crippen LogP contribution in [0.3, 0.4) is 0 Å². The maximum Gasteiger partial charge on any atom is 0.224 e. The molecule has 0 bridgehead atoms. The fraction of sp³-hybridized carbons (Fsp3) is 0.600. The quantitative estimate of drug-likeness (QED) is 0.606. The standard InChI is InChI=1S/C5H10N4S/c1-8(2)4-6-7-5(10)9(4)3/h1-3H3,(H,7,10). The van der Waals surface area contributed by atoms with Gasteiger partial charge in [0.15, 0.2) is 4.77 Å². The van der Waals surface area contributed by atoms with Crippen LogP contribution in [-0.2, 0) is 7.05 Å². The maximum atomic E-state index is 4.91. The lowest BCUT2D eigenvalue weighted by Gasteiger charge is -2.08. The van der Waals surface area contributed by atoms with Crippen molar-refractivity contribution in [2.45, 2.75) is 0 Å². The molecule has 1 heterocycles. The van der Waals surface area contributed by atoms with Crippen molar-refractivity contribution in [3.05, 3.63) is 4.77 Å². The molecule has 1 N–H and O–H groups in total. The van der Waals surface area contributed by atoms with Crippen LogP contribution in [0.1, 0.15) is 0 Å². The smallest absolute Gasteiger partial charge is 0.224 e. The Morgan fingerprint density at radius 2 is 2.20 bits per heavy atom. The first-order valence-electron chi connectivity index (χ1n) is 2.91. The number of aromatic nitrogens is 3. The first-order chi connectivity index (χ1) is 4.63. The van der Waals surface area contributed by atoms with Crippen molar-refractivity contribution in [1.29, 1.82) is 0 Å². The number of nitrogens with one attached hydrogen (secondary N) is 1. The van der Waals surface area contributed by atoms with Crippen molar-refractivity contribution in [3.63, 3.8) is 0 Å². The maximum absolute atomic E-state index is 4.91. The molecule has 0 amide bonds. The van der Waals surface area contributed by atoms with Gasteiger partial charge in [0.1, 0.15) is 0 Å². The first-order valence-corrected chi connectivity index (χ1v) is 3.32. The van der Waals surface area contributed by atoms with Gasteiger partial charge in [0.05, 0.1) is 0 Å². The lowest BCUT2D eigenvalue weighted by atomic mass is 10.8. The Hall–Kier alpha value is -0.840. The van der Waals surface area contributed by atoms with E-state index in [0.717, 1.165) is 5.95 Å². The van der Waals surface area contributed by atoms with Crippen LogP contribution in [0.2, 0.25) is 0 Å². The normalized spacial score (nSPS) is 9.90. The van der Waals surface area contributed by atoms with Crippen LogP contribution in [0.25, 0.3) is 0 Å². The van der Waals surface area contributed by atoms with Gasteiger partial charge in [0.25, 0.3) is 0 Å². The third-order valence-electron chi connectivity index (χ3n) is 1.26. The highest BCUT2D eigenvalue weighted by atomic mass is 32.1. The summed E-state index contributed by atoms with van der Waals surface area (Å²) in [5.41, 5.74) is 0. The molecule has 1 rings (SSSR count). The molecule has 5 heteroatoms. The molecule has 56 valence electrons. The van der Waals surface area contributed by atoms with E-state index in [2.05, 4.69) is 10.2 Å². The monoisotopic (exact) mass is 158 g/mol. The van der Waals surface area contributed by atoms with Crippen molar-refractivity contribution in [3.8, 4) is 0 Å². The predicted molar refractivity (Wildman–Crippen MR) is 42.7 cm³/mol. The van der Waals surface area contributed by atoms with Crippen molar-refractivity contribution in [2.75, 3.05) is 19.0 Å². The number of hydrogen-bond donors (Lipinski definition) is 1. The van der Waals surface area contributed by atoms with E-state index in [0.29, 0.717) is 4.77 Å². The second kappa shape index (κ2) is 2.42. The Morgan fingerprint density at radius 3 is 2.40 bits per heavy atom.